The third-order valence-corrected chi connectivity index (χ3v) is 2.50. The van der Waals surface area contributed by atoms with Crippen LogP contribution in [0.1, 0.15) is 19.9 Å². The quantitative estimate of drug-likeness (QED) is 0.743. The zero-order valence-corrected chi connectivity index (χ0v) is 9.19. The van der Waals surface area contributed by atoms with Gasteiger partial charge in [0, 0.05) is 12.2 Å². The van der Waals surface area contributed by atoms with E-state index in [0.717, 1.165) is 0 Å². The van der Waals surface area contributed by atoms with E-state index >= 15 is 0 Å². The molecule has 0 atom stereocenters. The van der Waals surface area contributed by atoms with Gasteiger partial charge in [-0.2, -0.15) is 0 Å². The lowest BCUT2D eigenvalue weighted by Crippen LogP contribution is -2.22. The van der Waals surface area contributed by atoms with Crippen LogP contribution < -0.4 is 5.56 Å². The van der Waals surface area contributed by atoms with Gasteiger partial charge >= 0.3 is 0 Å². The van der Waals surface area contributed by atoms with Crippen molar-refractivity contribution in [1.29, 1.82) is 0 Å². The maximum Gasteiger partial charge on any atom is 0.264 e. The number of pyridine rings is 1. The van der Waals surface area contributed by atoms with E-state index in [0.29, 0.717) is 16.1 Å². The van der Waals surface area contributed by atoms with Crippen LogP contribution in [0.3, 0.4) is 0 Å². The molecule has 2 heterocycles. The van der Waals surface area contributed by atoms with Gasteiger partial charge in [-0.25, -0.2) is 9.97 Å². The van der Waals surface area contributed by atoms with Crippen LogP contribution in [0.4, 0.5) is 0 Å². The maximum atomic E-state index is 12.0. The van der Waals surface area contributed by atoms with Crippen molar-refractivity contribution in [3.05, 3.63) is 34.0 Å². The Morgan fingerprint density at radius 1 is 1.40 bits per heavy atom. The molecule has 0 N–H and O–H groups in total. The van der Waals surface area contributed by atoms with Gasteiger partial charge < -0.3 is 0 Å². The van der Waals surface area contributed by atoms with Gasteiger partial charge in [0.25, 0.3) is 5.56 Å². The van der Waals surface area contributed by atoms with Gasteiger partial charge in [0.2, 0.25) is 0 Å². The SMILES string of the molecule is CC(C)n1cnc2nccc(Cl)c2c1=O. The minimum Gasteiger partial charge on any atom is -0.296 e. The number of fused-ring (bicyclic) bond motifs is 1. The number of rotatable bonds is 1. The Bertz CT molecular complexity index is 562. The summed E-state index contributed by atoms with van der Waals surface area (Å²) in [6.07, 6.45) is 3.04. The Balaban J connectivity index is 2.90. The fourth-order valence-electron chi connectivity index (χ4n) is 1.39. The molecule has 0 fully saturated rings. The summed E-state index contributed by atoms with van der Waals surface area (Å²) < 4.78 is 1.54. The van der Waals surface area contributed by atoms with Gasteiger partial charge in [0.1, 0.15) is 11.7 Å². The highest BCUT2D eigenvalue weighted by atomic mass is 35.5. The lowest BCUT2D eigenvalue weighted by Gasteiger charge is -2.09. The van der Waals surface area contributed by atoms with Gasteiger partial charge in [-0.15, -0.1) is 0 Å². The summed E-state index contributed by atoms with van der Waals surface area (Å²) >= 11 is 5.95. The van der Waals surface area contributed by atoms with Crippen molar-refractivity contribution in [2.24, 2.45) is 0 Å². The molecule has 0 amide bonds. The monoisotopic (exact) mass is 223 g/mol. The zero-order valence-electron chi connectivity index (χ0n) is 8.44. The molecule has 2 aromatic heterocycles. The molecule has 0 aliphatic heterocycles. The van der Waals surface area contributed by atoms with E-state index in [9.17, 15) is 4.79 Å². The van der Waals surface area contributed by atoms with E-state index in [2.05, 4.69) is 9.97 Å². The summed E-state index contributed by atoms with van der Waals surface area (Å²) in [5, 5.41) is 0.780. The van der Waals surface area contributed by atoms with Crippen molar-refractivity contribution in [3.63, 3.8) is 0 Å². The second kappa shape index (κ2) is 3.62. The first-order valence-electron chi connectivity index (χ1n) is 4.62. The number of hydrogen-bond donors (Lipinski definition) is 0. The van der Waals surface area contributed by atoms with E-state index in [4.69, 9.17) is 11.6 Å². The van der Waals surface area contributed by atoms with Gasteiger partial charge in [-0.3, -0.25) is 9.36 Å². The van der Waals surface area contributed by atoms with Crippen molar-refractivity contribution < 1.29 is 0 Å². The topological polar surface area (TPSA) is 47.8 Å². The predicted octanol–water partition coefficient (Wildman–Crippen LogP) is 2.03. The van der Waals surface area contributed by atoms with Crippen molar-refractivity contribution >= 4 is 22.6 Å². The van der Waals surface area contributed by atoms with E-state index in [1.807, 2.05) is 13.8 Å². The summed E-state index contributed by atoms with van der Waals surface area (Å²) in [7, 11) is 0. The summed E-state index contributed by atoms with van der Waals surface area (Å²) in [6.45, 7) is 3.83. The Morgan fingerprint density at radius 2 is 2.13 bits per heavy atom. The maximum absolute atomic E-state index is 12.0. The lowest BCUT2D eigenvalue weighted by molar-refractivity contribution is 0.573. The molecule has 2 aromatic rings. The molecule has 78 valence electrons. The third-order valence-electron chi connectivity index (χ3n) is 2.19. The predicted molar refractivity (Wildman–Crippen MR) is 59.2 cm³/mol. The number of nitrogens with zero attached hydrogens (tertiary/aromatic N) is 3. The van der Waals surface area contributed by atoms with Gasteiger partial charge in [-0.1, -0.05) is 11.6 Å². The first kappa shape index (κ1) is 10.1. The van der Waals surface area contributed by atoms with Crippen molar-refractivity contribution in [2.45, 2.75) is 19.9 Å². The first-order chi connectivity index (χ1) is 7.11. The van der Waals surface area contributed by atoms with Crippen LogP contribution in [-0.2, 0) is 0 Å². The van der Waals surface area contributed by atoms with E-state index < -0.39 is 0 Å². The normalized spacial score (nSPS) is 11.2. The number of aromatic nitrogens is 3. The molecular formula is C10H10ClN3O. The Kier molecular flexibility index (Phi) is 2.44. The lowest BCUT2D eigenvalue weighted by atomic mass is 10.3. The fourth-order valence-corrected chi connectivity index (χ4v) is 1.61. The highest BCUT2D eigenvalue weighted by Gasteiger charge is 2.09. The van der Waals surface area contributed by atoms with Crippen LogP contribution in [-0.4, -0.2) is 14.5 Å². The summed E-state index contributed by atoms with van der Waals surface area (Å²) in [5.74, 6) is 0. The van der Waals surface area contributed by atoms with Gasteiger partial charge in [0.05, 0.1) is 5.02 Å². The van der Waals surface area contributed by atoms with Crippen LogP contribution in [0.5, 0.6) is 0 Å². The second-order valence-electron chi connectivity index (χ2n) is 3.54. The molecule has 0 bridgehead atoms. The molecule has 0 saturated heterocycles. The molecular weight excluding hydrogens is 214 g/mol. The molecule has 0 aliphatic carbocycles. The number of hydrogen-bond acceptors (Lipinski definition) is 3. The van der Waals surface area contributed by atoms with E-state index in [-0.39, 0.29) is 11.6 Å². The fraction of sp³-hybridized carbons (Fsp3) is 0.300. The Morgan fingerprint density at radius 3 is 2.80 bits per heavy atom. The molecule has 4 nitrogen and oxygen atoms in total. The standard InChI is InChI=1S/C10H10ClN3O/c1-6(2)14-5-13-9-8(10(14)15)7(11)3-4-12-9/h3-6H,1-2H3. The average molecular weight is 224 g/mol. The highest BCUT2D eigenvalue weighted by Crippen LogP contribution is 2.16. The smallest absolute Gasteiger partial charge is 0.264 e. The highest BCUT2D eigenvalue weighted by molar-refractivity contribution is 6.35. The molecule has 2 rings (SSSR count). The van der Waals surface area contributed by atoms with Crippen LogP contribution in [0.15, 0.2) is 23.4 Å². The van der Waals surface area contributed by atoms with E-state index in [1.54, 1.807) is 6.07 Å². The Labute approximate surface area is 91.5 Å². The van der Waals surface area contributed by atoms with Crippen LogP contribution in [0.25, 0.3) is 11.0 Å². The summed E-state index contributed by atoms with van der Waals surface area (Å²) in [5.41, 5.74) is 0.248. The van der Waals surface area contributed by atoms with Crippen LogP contribution in [0.2, 0.25) is 5.02 Å². The Hall–Kier alpha value is -1.42. The average Bonchev–Trinajstić information content (AvgIpc) is 2.17. The summed E-state index contributed by atoms with van der Waals surface area (Å²) in [4.78, 5) is 20.1. The second-order valence-corrected chi connectivity index (χ2v) is 3.95. The third kappa shape index (κ3) is 1.61. The van der Waals surface area contributed by atoms with E-state index in [1.165, 1.54) is 17.1 Å². The molecule has 15 heavy (non-hydrogen) atoms. The molecule has 0 aliphatic rings. The molecule has 0 radical (unpaired) electrons. The van der Waals surface area contributed by atoms with Gasteiger partial charge in [-0.05, 0) is 19.9 Å². The number of halogens is 1. The zero-order chi connectivity index (χ0) is 11.0. The minimum atomic E-state index is -0.145. The van der Waals surface area contributed by atoms with Crippen molar-refractivity contribution in [1.82, 2.24) is 14.5 Å². The molecule has 5 heteroatoms. The molecule has 0 aromatic carbocycles. The first-order valence-corrected chi connectivity index (χ1v) is 5.00. The minimum absolute atomic E-state index is 0.0608. The van der Waals surface area contributed by atoms with Crippen molar-refractivity contribution in [3.8, 4) is 0 Å². The molecule has 0 unspecified atom stereocenters. The summed E-state index contributed by atoms with van der Waals surface area (Å²) in [6, 6.07) is 1.66. The van der Waals surface area contributed by atoms with Crippen LogP contribution in [0, 0.1) is 0 Å². The van der Waals surface area contributed by atoms with Crippen molar-refractivity contribution in [2.75, 3.05) is 0 Å². The largest absolute Gasteiger partial charge is 0.296 e. The van der Waals surface area contributed by atoms with Gasteiger partial charge in [0.15, 0.2) is 5.65 Å². The molecule has 0 saturated carbocycles. The molecule has 0 spiro atoms. The van der Waals surface area contributed by atoms with Crippen LogP contribution >= 0.6 is 11.6 Å².